The maximum absolute atomic E-state index is 11.5. The zero-order chi connectivity index (χ0) is 14.3. The molecule has 1 aromatic rings. The molecule has 6 nitrogen and oxygen atoms in total. The molecular weight excluding hydrogens is 242 g/mol. The predicted molar refractivity (Wildman–Crippen MR) is 72.7 cm³/mol. The Bertz CT molecular complexity index is 451. The van der Waals surface area contributed by atoms with E-state index in [2.05, 4.69) is 21.6 Å². The molecule has 0 fully saturated rings. The summed E-state index contributed by atoms with van der Waals surface area (Å²) in [6.45, 7) is 7.59. The summed E-state index contributed by atoms with van der Waals surface area (Å²) >= 11 is 0. The van der Waals surface area contributed by atoms with Gasteiger partial charge in [-0.05, 0) is 32.9 Å². The molecule has 102 valence electrons. The summed E-state index contributed by atoms with van der Waals surface area (Å²) in [6, 6.07) is 5.59. The van der Waals surface area contributed by atoms with E-state index < -0.39 is 0 Å². The van der Waals surface area contributed by atoms with E-state index >= 15 is 0 Å². The summed E-state index contributed by atoms with van der Waals surface area (Å²) in [6.07, 6.45) is 0. The van der Waals surface area contributed by atoms with E-state index in [-0.39, 0.29) is 11.8 Å². The van der Waals surface area contributed by atoms with Gasteiger partial charge in [0, 0.05) is 19.6 Å². The highest BCUT2D eigenvalue weighted by molar-refractivity contribution is 5.92. The maximum atomic E-state index is 11.5. The van der Waals surface area contributed by atoms with Crippen molar-refractivity contribution < 1.29 is 4.79 Å². The summed E-state index contributed by atoms with van der Waals surface area (Å²) in [5, 5.41) is 19.5. The molecule has 1 atom stereocenters. The van der Waals surface area contributed by atoms with Crippen LogP contribution in [0.5, 0.6) is 0 Å². The van der Waals surface area contributed by atoms with Crippen LogP contribution in [0.2, 0.25) is 0 Å². The molecule has 0 aliphatic heterocycles. The summed E-state index contributed by atoms with van der Waals surface area (Å²) in [7, 11) is 0. The Balaban J connectivity index is 2.79. The second kappa shape index (κ2) is 7.31. The van der Waals surface area contributed by atoms with Gasteiger partial charge in [0.1, 0.15) is 0 Å². The van der Waals surface area contributed by atoms with Crippen molar-refractivity contribution >= 4 is 11.7 Å². The number of nitriles is 1. The number of carbonyl (C=O) groups excluding carboxylic acids is 1. The molecule has 0 aliphatic carbocycles. The third-order valence-corrected chi connectivity index (χ3v) is 2.64. The first-order chi connectivity index (χ1) is 9.12. The van der Waals surface area contributed by atoms with E-state index in [1.165, 1.54) is 0 Å². The lowest BCUT2D eigenvalue weighted by Crippen LogP contribution is -2.29. The normalized spacial score (nSPS) is 11.5. The molecular formula is C13H19N5O. The van der Waals surface area contributed by atoms with Gasteiger partial charge in [0.2, 0.25) is 0 Å². The van der Waals surface area contributed by atoms with Crippen LogP contribution in [0.1, 0.15) is 31.3 Å². The fourth-order valence-electron chi connectivity index (χ4n) is 1.62. The topological polar surface area (TPSA) is 81.9 Å². The molecule has 6 heteroatoms. The van der Waals surface area contributed by atoms with Crippen molar-refractivity contribution in [2.24, 2.45) is 5.92 Å². The molecule has 0 aliphatic rings. The molecule has 19 heavy (non-hydrogen) atoms. The van der Waals surface area contributed by atoms with Crippen LogP contribution in [0.15, 0.2) is 12.1 Å². The van der Waals surface area contributed by atoms with Crippen molar-refractivity contribution in [3.63, 3.8) is 0 Å². The fourth-order valence-corrected chi connectivity index (χ4v) is 1.62. The minimum atomic E-state index is -0.227. The van der Waals surface area contributed by atoms with Gasteiger partial charge in [-0.15, -0.1) is 10.2 Å². The molecule has 0 radical (unpaired) electrons. The van der Waals surface area contributed by atoms with Gasteiger partial charge < -0.3 is 10.2 Å². The SMILES string of the molecule is CCNC(=O)c1ccc(N(CC)CC(C)C#N)nn1. The average Bonchev–Trinajstić information content (AvgIpc) is 2.45. The highest BCUT2D eigenvalue weighted by atomic mass is 16.1. The van der Waals surface area contributed by atoms with Crippen LogP contribution in [0.25, 0.3) is 0 Å². The van der Waals surface area contributed by atoms with Crippen LogP contribution in [-0.2, 0) is 0 Å². The number of anilines is 1. The molecule has 1 aromatic heterocycles. The number of carbonyl (C=O) groups is 1. The summed E-state index contributed by atoms with van der Waals surface area (Å²) in [5.74, 6) is 0.373. The Morgan fingerprint density at radius 2 is 2.21 bits per heavy atom. The van der Waals surface area contributed by atoms with Gasteiger partial charge in [0.15, 0.2) is 11.5 Å². The summed E-state index contributed by atoms with van der Waals surface area (Å²) in [4.78, 5) is 13.5. The number of nitrogens with zero attached hydrogens (tertiary/aromatic N) is 4. The van der Waals surface area contributed by atoms with E-state index in [9.17, 15) is 4.79 Å². The number of hydrogen-bond donors (Lipinski definition) is 1. The van der Waals surface area contributed by atoms with Crippen LogP contribution in [0.3, 0.4) is 0 Å². The molecule has 1 heterocycles. The standard InChI is InChI=1S/C13H19N5O/c1-4-15-13(19)11-6-7-12(17-16-11)18(5-2)9-10(3)8-14/h6-7,10H,4-5,9H2,1-3H3,(H,15,19). The van der Waals surface area contributed by atoms with Crippen LogP contribution in [-0.4, -0.2) is 35.7 Å². The minimum absolute atomic E-state index is 0.0789. The van der Waals surface area contributed by atoms with Gasteiger partial charge in [-0.25, -0.2) is 0 Å². The third-order valence-electron chi connectivity index (χ3n) is 2.64. The first kappa shape index (κ1) is 14.9. The lowest BCUT2D eigenvalue weighted by atomic mass is 10.2. The quantitative estimate of drug-likeness (QED) is 0.832. The highest BCUT2D eigenvalue weighted by Gasteiger charge is 2.12. The van der Waals surface area contributed by atoms with E-state index in [4.69, 9.17) is 5.26 Å². The smallest absolute Gasteiger partial charge is 0.271 e. The molecule has 1 N–H and O–H groups in total. The van der Waals surface area contributed by atoms with Crippen molar-refractivity contribution in [2.75, 3.05) is 24.5 Å². The third kappa shape index (κ3) is 4.21. The Hall–Kier alpha value is -2.16. The van der Waals surface area contributed by atoms with Gasteiger partial charge in [0.25, 0.3) is 5.91 Å². The zero-order valence-electron chi connectivity index (χ0n) is 11.6. The van der Waals surface area contributed by atoms with Crippen molar-refractivity contribution in [1.29, 1.82) is 5.26 Å². The molecule has 0 spiro atoms. The second-order valence-electron chi connectivity index (χ2n) is 4.21. The molecule has 1 unspecified atom stereocenters. The van der Waals surface area contributed by atoms with Gasteiger partial charge in [0.05, 0.1) is 12.0 Å². The first-order valence-electron chi connectivity index (χ1n) is 6.38. The molecule has 0 aromatic carbocycles. The molecule has 1 rings (SSSR count). The monoisotopic (exact) mass is 261 g/mol. The second-order valence-corrected chi connectivity index (χ2v) is 4.21. The predicted octanol–water partition coefficient (Wildman–Crippen LogP) is 1.21. The van der Waals surface area contributed by atoms with E-state index in [0.717, 1.165) is 6.54 Å². The number of aromatic nitrogens is 2. The Morgan fingerprint density at radius 3 is 2.68 bits per heavy atom. The summed E-state index contributed by atoms with van der Waals surface area (Å²) < 4.78 is 0. The van der Waals surface area contributed by atoms with Crippen LogP contribution in [0.4, 0.5) is 5.82 Å². The Morgan fingerprint density at radius 1 is 1.47 bits per heavy atom. The van der Waals surface area contributed by atoms with Gasteiger partial charge in [-0.1, -0.05) is 0 Å². The highest BCUT2D eigenvalue weighted by Crippen LogP contribution is 2.11. The largest absolute Gasteiger partial charge is 0.354 e. The fraction of sp³-hybridized carbons (Fsp3) is 0.538. The molecule has 0 saturated carbocycles. The maximum Gasteiger partial charge on any atom is 0.271 e. The molecule has 0 bridgehead atoms. The number of hydrogen-bond acceptors (Lipinski definition) is 5. The molecule has 1 amide bonds. The summed E-state index contributed by atoms with van der Waals surface area (Å²) in [5.41, 5.74) is 0.301. The molecule has 0 saturated heterocycles. The van der Waals surface area contributed by atoms with E-state index in [1.54, 1.807) is 12.1 Å². The minimum Gasteiger partial charge on any atom is -0.354 e. The van der Waals surface area contributed by atoms with E-state index in [1.807, 2.05) is 25.7 Å². The van der Waals surface area contributed by atoms with Crippen molar-refractivity contribution in [3.05, 3.63) is 17.8 Å². The Kier molecular flexibility index (Phi) is 5.73. The van der Waals surface area contributed by atoms with E-state index in [0.29, 0.717) is 24.6 Å². The zero-order valence-corrected chi connectivity index (χ0v) is 11.6. The lowest BCUT2D eigenvalue weighted by Gasteiger charge is -2.22. The van der Waals surface area contributed by atoms with Crippen LogP contribution in [0, 0.1) is 17.2 Å². The van der Waals surface area contributed by atoms with Crippen molar-refractivity contribution in [1.82, 2.24) is 15.5 Å². The average molecular weight is 261 g/mol. The number of amides is 1. The van der Waals surface area contributed by atoms with Crippen LogP contribution < -0.4 is 10.2 Å². The van der Waals surface area contributed by atoms with Crippen molar-refractivity contribution in [3.8, 4) is 6.07 Å². The Labute approximate surface area is 113 Å². The van der Waals surface area contributed by atoms with Crippen LogP contribution >= 0.6 is 0 Å². The number of nitrogens with one attached hydrogen (secondary N) is 1. The van der Waals surface area contributed by atoms with Gasteiger partial charge >= 0.3 is 0 Å². The van der Waals surface area contributed by atoms with Gasteiger partial charge in [-0.3, -0.25) is 4.79 Å². The lowest BCUT2D eigenvalue weighted by molar-refractivity contribution is 0.0950. The number of rotatable bonds is 6. The van der Waals surface area contributed by atoms with Crippen molar-refractivity contribution in [2.45, 2.75) is 20.8 Å². The first-order valence-corrected chi connectivity index (χ1v) is 6.38. The van der Waals surface area contributed by atoms with Gasteiger partial charge in [-0.2, -0.15) is 5.26 Å².